The molecule has 4 nitrogen and oxygen atoms in total. The third-order valence-corrected chi connectivity index (χ3v) is 4.66. The Morgan fingerprint density at radius 3 is 2.19 bits per heavy atom. The Kier molecular flexibility index (Phi) is 16.0. The Labute approximate surface area is 172 Å². The van der Waals surface area contributed by atoms with Crippen LogP contribution < -0.4 is 17.0 Å². The van der Waals surface area contributed by atoms with Crippen molar-refractivity contribution < 1.29 is 26.5 Å². The van der Waals surface area contributed by atoms with Gasteiger partial charge in [0.1, 0.15) is 12.4 Å². The SMILES string of the molecule is C=C(C)C(=O)OCCC[n+]1ccn(CCCCCCCCCCCC)c1.[Cl-]. The van der Waals surface area contributed by atoms with Crippen molar-refractivity contribution in [2.45, 2.75) is 97.6 Å². The van der Waals surface area contributed by atoms with E-state index in [1.807, 2.05) is 0 Å². The number of aryl methyl sites for hydroxylation is 2. The number of halogens is 1. The van der Waals surface area contributed by atoms with E-state index in [2.05, 4.69) is 41.4 Å². The van der Waals surface area contributed by atoms with Gasteiger partial charge in [-0.05, 0) is 19.8 Å². The van der Waals surface area contributed by atoms with Crippen LogP contribution >= 0.6 is 0 Å². The predicted molar refractivity (Wildman–Crippen MR) is 107 cm³/mol. The first-order valence-electron chi connectivity index (χ1n) is 10.5. The average molecular weight is 399 g/mol. The summed E-state index contributed by atoms with van der Waals surface area (Å²) in [6.45, 7) is 9.93. The molecular weight excluding hydrogens is 360 g/mol. The van der Waals surface area contributed by atoms with Gasteiger partial charge in [-0.15, -0.1) is 0 Å². The standard InChI is InChI=1S/C22H39N2O2.ClH/c1-4-5-6-7-8-9-10-11-12-13-15-23-17-18-24(20-23)16-14-19-26-22(25)21(2)3;/h17-18,20H,2,4-16,19H2,1,3H3;1H/q+1;/p-1. The molecule has 5 heteroatoms. The van der Waals surface area contributed by atoms with E-state index in [0.717, 1.165) is 19.5 Å². The lowest BCUT2D eigenvalue weighted by Gasteiger charge is -2.02. The molecule has 0 saturated heterocycles. The number of unbranched alkanes of at least 4 members (excludes halogenated alkanes) is 9. The maximum atomic E-state index is 11.3. The minimum Gasteiger partial charge on any atom is -1.00 e. The van der Waals surface area contributed by atoms with Crippen LogP contribution in [0.3, 0.4) is 0 Å². The molecule has 0 aliphatic heterocycles. The van der Waals surface area contributed by atoms with E-state index >= 15 is 0 Å². The highest BCUT2D eigenvalue weighted by molar-refractivity contribution is 5.86. The normalized spacial score (nSPS) is 10.4. The predicted octanol–water partition coefficient (Wildman–Crippen LogP) is 2.21. The summed E-state index contributed by atoms with van der Waals surface area (Å²) in [5.41, 5.74) is 0.459. The Balaban J connectivity index is 0.00000676. The van der Waals surface area contributed by atoms with E-state index < -0.39 is 0 Å². The van der Waals surface area contributed by atoms with E-state index in [1.54, 1.807) is 6.92 Å². The molecule has 1 heterocycles. The van der Waals surface area contributed by atoms with Gasteiger partial charge in [0, 0.05) is 12.0 Å². The molecule has 1 aromatic rings. The monoisotopic (exact) mass is 398 g/mol. The van der Waals surface area contributed by atoms with Gasteiger partial charge < -0.3 is 17.1 Å². The zero-order chi connectivity index (χ0) is 19.0. The van der Waals surface area contributed by atoms with Crippen LogP contribution in [0.25, 0.3) is 0 Å². The fraction of sp³-hybridized carbons (Fsp3) is 0.727. The molecule has 0 unspecified atom stereocenters. The van der Waals surface area contributed by atoms with Crippen molar-refractivity contribution in [3.63, 3.8) is 0 Å². The molecule has 0 spiro atoms. The quantitative estimate of drug-likeness (QED) is 0.185. The third-order valence-electron chi connectivity index (χ3n) is 4.66. The first-order valence-corrected chi connectivity index (χ1v) is 10.5. The van der Waals surface area contributed by atoms with Gasteiger partial charge in [0.15, 0.2) is 0 Å². The smallest absolute Gasteiger partial charge is 0.333 e. The fourth-order valence-electron chi connectivity index (χ4n) is 3.02. The molecule has 0 saturated carbocycles. The summed E-state index contributed by atoms with van der Waals surface area (Å²) in [6, 6.07) is 0. The Hall–Kier alpha value is -1.29. The number of aromatic nitrogens is 2. The molecule has 0 atom stereocenters. The number of esters is 1. The van der Waals surface area contributed by atoms with E-state index in [9.17, 15) is 4.79 Å². The van der Waals surface area contributed by atoms with Gasteiger partial charge in [0.2, 0.25) is 6.33 Å². The van der Waals surface area contributed by atoms with Gasteiger partial charge in [-0.2, -0.15) is 0 Å². The topological polar surface area (TPSA) is 35.1 Å². The van der Waals surface area contributed by atoms with Crippen LogP contribution in [0.2, 0.25) is 0 Å². The lowest BCUT2D eigenvalue weighted by Crippen LogP contribution is -3.00. The second-order valence-electron chi connectivity index (χ2n) is 7.34. The number of ether oxygens (including phenoxy) is 1. The number of hydrogen-bond donors (Lipinski definition) is 0. The first-order chi connectivity index (χ1) is 12.6. The van der Waals surface area contributed by atoms with Crippen molar-refractivity contribution in [2.75, 3.05) is 6.61 Å². The van der Waals surface area contributed by atoms with Crippen LogP contribution in [-0.4, -0.2) is 17.1 Å². The minimum absolute atomic E-state index is 0. The van der Waals surface area contributed by atoms with Gasteiger partial charge in [-0.1, -0.05) is 64.9 Å². The zero-order valence-corrected chi connectivity index (χ0v) is 18.2. The molecule has 0 aliphatic rings. The van der Waals surface area contributed by atoms with Crippen LogP contribution in [0.15, 0.2) is 30.9 Å². The molecule has 0 aliphatic carbocycles. The molecule has 0 aromatic carbocycles. The molecule has 27 heavy (non-hydrogen) atoms. The van der Waals surface area contributed by atoms with Crippen molar-refractivity contribution in [1.29, 1.82) is 0 Å². The van der Waals surface area contributed by atoms with Gasteiger partial charge in [-0.3, -0.25) is 0 Å². The van der Waals surface area contributed by atoms with Gasteiger partial charge in [0.25, 0.3) is 0 Å². The zero-order valence-electron chi connectivity index (χ0n) is 17.4. The number of imidazole rings is 1. The Morgan fingerprint density at radius 1 is 1.00 bits per heavy atom. The fourth-order valence-corrected chi connectivity index (χ4v) is 3.02. The maximum Gasteiger partial charge on any atom is 0.333 e. The summed E-state index contributed by atoms with van der Waals surface area (Å²) in [4.78, 5) is 11.3. The lowest BCUT2D eigenvalue weighted by atomic mass is 10.1. The molecule has 156 valence electrons. The molecule has 1 rings (SSSR count). The molecule has 1 aromatic heterocycles. The minimum atomic E-state index is -0.298. The highest BCUT2D eigenvalue weighted by Crippen LogP contribution is 2.10. The molecule has 0 N–H and O–H groups in total. The second kappa shape index (κ2) is 16.9. The molecule has 0 radical (unpaired) electrons. The second-order valence-corrected chi connectivity index (χ2v) is 7.34. The summed E-state index contributed by atoms with van der Waals surface area (Å²) in [5.74, 6) is -0.298. The van der Waals surface area contributed by atoms with Crippen molar-refractivity contribution in [3.05, 3.63) is 30.9 Å². The number of nitrogens with zero attached hydrogens (tertiary/aromatic N) is 2. The molecule has 0 fully saturated rings. The molecule has 0 amide bonds. The third kappa shape index (κ3) is 13.5. The lowest BCUT2D eigenvalue weighted by molar-refractivity contribution is -0.697. The summed E-state index contributed by atoms with van der Waals surface area (Å²) in [6.07, 6.45) is 20.9. The number of rotatable bonds is 16. The van der Waals surface area contributed by atoms with Crippen LogP contribution in [0.1, 0.15) is 84.5 Å². The van der Waals surface area contributed by atoms with Gasteiger partial charge >= 0.3 is 5.97 Å². The van der Waals surface area contributed by atoms with Crippen LogP contribution in [0, 0.1) is 0 Å². The van der Waals surface area contributed by atoms with E-state index in [1.165, 1.54) is 64.2 Å². The van der Waals surface area contributed by atoms with Crippen molar-refractivity contribution >= 4 is 5.97 Å². The van der Waals surface area contributed by atoms with E-state index in [0.29, 0.717) is 12.2 Å². The van der Waals surface area contributed by atoms with Crippen LogP contribution in [0.4, 0.5) is 0 Å². The number of carbonyl (C=O) groups is 1. The molecular formula is C22H39ClN2O2. The van der Waals surface area contributed by atoms with E-state index in [4.69, 9.17) is 4.74 Å². The Bertz CT molecular complexity index is 514. The summed E-state index contributed by atoms with van der Waals surface area (Å²) >= 11 is 0. The van der Waals surface area contributed by atoms with Gasteiger partial charge in [0.05, 0.1) is 19.7 Å². The van der Waals surface area contributed by atoms with E-state index in [-0.39, 0.29) is 18.4 Å². The molecule has 0 bridgehead atoms. The number of hydrogen-bond acceptors (Lipinski definition) is 2. The first kappa shape index (κ1) is 25.7. The largest absolute Gasteiger partial charge is 1.00 e. The Morgan fingerprint density at radius 2 is 1.59 bits per heavy atom. The highest BCUT2D eigenvalue weighted by atomic mass is 35.5. The van der Waals surface area contributed by atoms with Crippen LogP contribution in [0.5, 0.6) is 0 Å². The van der Waals surface area contributed by atoms with Crippen molar-refractivity contribution in [2.24, 2.45) is 0 Å². The highest BCUT2D eigenvalue weighted by Gasteiger charge is 2.05. The summed E-state index contributed by atoms with van der Waals surface area (Å²) in [5, 5.41) is 0. The van der Waals surface area contributed by atoms with Crippen LogP contribution in [-0.2, 0) is 22.6 Å². The number of carbonyl (C=O) groups excluding carboxylic acids is 1. The van der Waals surface area contributed by atoms with Crippen molar-refractivity contribution in [1.82, 2.24) is 4.57 Å². The van der Waals surface area contributed by atoms with Gasteiger partial charge in [-0.25, -0.2) is 13.9 Å². The summed E-state index contributed by atoms with van der Waals surface area (Å²) in [7, 11) is 0. The summed E-state index contributed by atoms with van der Waals surface area (Å²) < 4.78 is 9.52. The van der Waals surface area contributed by atoms with Crippen molar-refractivity contribution in [3.8, 4) is 0 Å². The average Bonchev–Trinajstić information content (AvgIpc) is 3.07. The maximum absolute atomic E-state index is 11.3.